The highest BCUT2D eigenvalue weighted by atomic mass is 32.2. The summed E-state index contributed by atoms with van der Waals surface area (Å²) in [4.78, 5) is 21.5. The number of thioether (sulfide) groups is 1. The Kier molecular flexibility index (Phi) is 6.58. The van der Waals surface area contributed by atoms with Gasteiger partial charge in [0.15, 0.2) is 5.44 Å². The molecule has 0 aromatic carbocycles. The van der Waals surface area contributed by atoms with Gasteiger partial charge in [-0.1, -0.05) is 0 Å². The Balaban J connectivity index is 4.02. The second-order valence-corrected chi connectivity index (χ2v) is 3.20. The number of rotatable bonds is 5. The number of esters is 2. The molecule has 0 aromatic rings. The van der Waals surface area contributed by atoms with Crippen LogP contribution < -0.4 is 0 Å². The molecule has 0 radical (unpaired) electrons. The summed E-state index contributed by atoms with van der Waals surface area (Å²) in [6.07, 6.45) is -0.106. The number of nitrogens with zero attached hydrogens (tertiary/aromatic N) is 1. The van der Waals surface area contributed by atoms with Gasteiger partial charge in [-0.2, -0.15) is 5.26 Å². The first kappa shape index (κ1) is 12.8. The van der Waals surface area contributed by atoms with Crippen molar-refractivity contribution in [3.8, 4) is 5.40 Å². The molecular formula is C8H11NO4S. The highest BCUT2D eigenvalue weighted by Crippen LogP contribution is 2.15. The average Bonchev–Trinajstić information content (AvgIpc) is 2.03. The number of carbonyl (C=O) groups is 2. The van der Waals surface area contributed by atoms with E-state index in [1.54, 1.807) is 12.3 Å². The molecule has 5 nitrogen and oxygen atoms in total. The maximum Gasteiger partial charge on any atom is 0.310 e. The molecule has 0 N–H and O–H groups in total. The van der Waals surface area contributed by atoms with Crippen LogP contribution in [0.3, 0.4) is 0 Å². The fourth-order valence-electron chi connectivity index (χ4n) is 0.707. The Morgan fingerprint density at radius 2 is 2.21 bits per heavy atom. The Bertz CT molecular complexity index is 248. The molecule has 0 aliphatic carbocycles. The average molecular weight is 217 g/mol. The van der Waals surface area contributed by atoms with E-state index >= 15 is 0 Å². The van der Waals surface area contributed by atoms with Gasteiger partial charge in [-0.15, -0.1) is 0 Å². The van der Waals surface area contributed by atoms with Crippen LogP contribution in [0.4, 0.5) is 0 Å². The van der Waals surface area contributed by atoms with E-state index in [0.717, 1.165) is 11.8 Å². The van der Waals surface area contributed by atoms with Crippen molar-refractivity contribution in [3.05, 3.63) is 0 Å². The summed E-state index contributed by atoms with van der Waals surface area (Å²) in [7, 11) is 0. The van der Waals surface area contributed by atoms with E-state index in [-0.39, 0.29) is 13.0 Å². The molecule has 78 valence electrons. The van der Waals surface area contributed by atoms with Crippen molar-refractivity contribution in [2.45, 2.75) is 25.7 Å². The summed E-state index contributed by atoms with van der Waals surface area (Å²) in [5, 5.41) is 10.1. The van der Waals surface area contributed by atoms with Crippen LogP contribution in [-0.4, -0.2) is 24.0 Å². The molecule has 6 heteroatoms. The van der Waals surface area contributed by atoms with E-state index in [1.807, 2.05) is 0 Å². The maximum absolute atomic E-state index is 11.0. The van der Waals surface area contributed by atoms with Gasteiger partial charge in [0.2, 0.25) is 0 Å². The van der Waals surface area contributed by atoms with Gasteiger partial charge in [0, 0.05) is 6.92 Å². The van der Waals surface area contributed by atoms with Gasteiger partial charge in [-0.25, -0.2) is 0 Å². The lowest BCUT2D eigenvalue weighted by Gasteiger charge is -2.11. The quantitative estimate of drug-likeness (QED) is 0.389. The summed E-state index contributed by atoms with van der Waals surface area (Å²) in [6, 6.07) is 0. The molecule has 0 aromatic heterocycles. The molecule has 0 aliphatic rings. The first-order chi connectivity index (χ1) is 6.60. The number of carbonyl (C=O) groups excluding carboxylic acids is 2. The lowest BCUT2D eigenvalue weighted by molar-refractivity contribution is -0.149. The molecule has 0 amide bonds. The second-order valence-electron chi connectivity index (χ2n) is 2.26. The van der Waals surface area contributed by atoms with Crippen LogP contribution in [0.5, 0.6) is 0 Å². The van der Waals surface area contributed by atoms with Crippen LogP contribution in [0.25, 0.3) is 0 Å². The molecule has 0 saturated carbocycles. The van der Waals surface area contributed by atoms with Gasteiger partial charge in [0.05, 0.1) is 13.0 Å². The van der Waals surface area contributed by atoms with Crippen LogP contribution >= 0.6 is 11.8 Å². The monoisotopic (exact) mass is 217 g/mol. The number of nitriles is 1. The maximum atomic E-state index is 11.0. The third-order valence-electron chi connectivity index (χ3n) is 1.12. The second kappa shape index (κ2) is 7.21. The Labute approximate surface area is 86.4 Å². The number of hydrogen-bond acceptors (Lipinski definition) is 6. The minimum absolute atomic E-state index is 0.106. The summed E-state index contributed by atoms with van der Waals surface area (Å²) in [6.45, 7) is 3.16. The Hall–Kier alpha value is -1.22. The van der Waals surface area contributed by atoms with Gasteiger partial charge in [0.1, 0.15) is 5.40 Å². The molecule has 0 heterocycles. The number of ether oxygens (including phenoxy) is 2. The topological polar surface area (TPSA) is 76.4 Å². The minimum atomic E-state index is -0.781. The number of hydrogen-bond donors (Lipinski definition) is 0. The summed E-state index contributed by atoms with van der Waals surface area (Å²) in [5.41, 5.74) is -0.781. The van der Waals surface area contributed by atoms with Gasteiger partial charge in [-0.05, 0) is 18.7 Å². The van der Waals surface area contributed by atoms with Crippen LogP contribution in [0, 0.1) is 10.7 Å². The molecule has 14 heavy (non-hydrogen) atoms. The molecule has 0 bridgehead atoms. The van der Waals surface area contributed by atoms with Crippen LogP contribution in [-0.2, 0) is 19.1 Å². The van der Waals surface area contributed by atoms with Gasteiger partial charge < -0.3 is 9.47 Å². The molecule has 0 fully saturated rings. The van der Waals surface area contributed by atoms with Crippen LogP contribution in [0.2, 0.25) is 0 Å². The molecule has 0 spiro atoms. The molecule has 0 saturated heterocycles. The molecule has 1 unspecified atom stereocenters. The first-order valence-corrected chi connectivity index (χ1v) is 4.85. The Morgan fingerprint density at radius 3 is 2.64 bits per heavy atom. The first-order valence-electron chi connectivity index (χ1n) is 3.97. The standard InChI is InChI=1S/C8H11NO4S/c1-3-12-7(11)4-8(14-5-9)13-6(2)10/h8H,3-4H2,1-2H3. The smallest absolute Gasteiger partial charge is 0.310 e. The van der Waals surface area contributed by atoms with Crippen molar-refractivity contribution < 1.29 is 19.1 Å². The SMILES string of the molecule is CCOC(=O)CC(OC(C)=O)SC#N. The van der Waals surface area contributed by atoms with Gasteiger partial charge in [-0.3, -0.25) is 9.59 Å². The van der Waals surface area contributed by atoms with Gasteiger partial charge >= 0.3 is 11.9 Å². The molecular weight excluding hydrogens is 206 g/mol. The zero-order valence-corrected chi connectivity index (χ0v) is 8.80. The highest BCUT2D eigenvalue weighted by molar-refractivity contribution is 8.04. The Morgan fingerprint density at radius 1 is 1.57 bits per heavy atom. The zero-order valence-electron chi connectivity index (χ0n) is 7.98. The lowest BCUT2D eigenvalue weighted by atomic mass is 10.4. The highest BCUT2D eigenvalue weighted by Gasteiger charge is 2.18. The summed E-state index contributed by atoms with van der Waals surface area (Å²) < 4.78 is 9.36. The number of thiocyanates is 1. The van der Waals surface area contributed by atoms with Crippen molar-refractivity contribution in [1.82, 2.24) is 0 Å². The third-order valence-corrected chi connectivity index (χ3v) is 1.75. The van der Waals surface area contributed by atoms with E-state index in [1.165, 1.54) is 6.92 Å². The van der Waals surface area contributed by atoms with Crippen molar-refractivity contribution in [1.29, 1.82) is 5.26 Å². The van der Waals surface area contributed by atoms with Crippen molar-refractivity contribution in [2.75, 3.05) is 6.61 Å². The fraction of sp³-hybridized carbons (Fsp3) is 0.625. The normalized spacial score (nSPS) is 11.2. The molecule has 0 rings (SSSR count). The van der Waals surface area contributed by atoms with Crippen LogP contribution in [0.1, 0.15) is 20.3 Å². The van der Waals surface area contributed by atoms with E-state index in [0.29, 0.717) is 0 Å². The molecule has 1 atom stereocenters. The minimum Gasteiger partial charge on any atom is -0.466 e. The predicted molar refractivity (Wildman–Crippen MR) is 50.0 cm³/mol. The zero-order chi connectivity index (χ0) is 11.0. The van der Waals surface area contributed by atoms with E-state index in [9.17, 15) is 9.59 Å². The fourth-order valence-corrected chi connectivity index (χ4v) is 1.23. The predicted octanol–water partition coefficient (Wildman–Crippen LogP) is 1.04. The summed E-state index contributed by atoms with van der Waals surface area (Å²) in [5.74, 6) is -1.01. The lowest BCUT2D eigenvalue weighted by Crippen LogP contribution is -2.18. The summed E-state index contributed by atoms with van der Waals surface area (Å²) >= 11 is 0.721. The van der Waals surface area contributed by atoms with Gasteiger partial charge in [0.25, 0.3) is 0 Å². The van der Waals surface area contributed by atoms with Crippen LogP contribution in [0.15, 0.2) is 0 Å². The van der Waals surface area contributed by atoms with E-state index in [2.05, 4.69) is 4.74 Å². The van der Waals surface area contributed by atoms with E-state index in [4.69, 9.17) is 10.00 Å². The third kappa shape index (κ3) is 6.31. The molecule has 0 aliphatic heterocycles. The van der Waals surface area contributed by atoms with Crippen molar-refractivity contribution >= 4 is 23.7 Å². The van der Waals surface area contributed by atoms with Crippen molar-refractivity contribution in [2.24, 2.45) is 0 Å². The largest absolute Gasteiger partial charge is 0.466 e. The van der Waals surface area contributed by atoms with E-state index < -0.39 is 17.4 Å². The van der Waals surface area contributed by atoms with Crippen molar-refractivity contribution in [3.63, 3.8) is 0 Å².